The van der Waals surface area contributed by atoms with Crippen LogP contribution in [0, 0.1) is 0 Å². The second kappa shape index (κ2) is 8.21. The summed E-state index contributed by atoms with van der Waals surface area (Å²) in [4.78, 5) is 20.4. The van der Waals surface area contributed by atoms with Crippen LogP contribution in [0.25, 0.3) is 10.9 Å². The Labute approximate surface area is 154 Å². The molecule has 5 nitrogen and oxygen atoms in total. The maximum absolute atomic E-state index is 12.8. The van der Waals surface area contributed by atoms with Gasteiger partial charge in [-0.2, -0.15) is 0 Å². The number of nitrogens with zero attached hydrogens (tertiary/aromatic N) is 2. The zero-order chi connectivity index (χ0) is 18.5. The number of imidazole rings is 1. The Morgan fingerprint density at radius 1 is 1.35 bits per heavy atom. The predicted molar refractivity (Wildman–Crippen MR) is 104 cm³/mol. The van der Waals surface area contributed by atoms with Crippen molar-refractivity contribution >= 4 is 16.7 Å². The Balaban J connectivity index is 1.90. The fourth-order valence-corrected chi connectivity index (χ4v) is 3.54. The van der Waals surface area contributed by atoms with E-state index in [1.165, 1.54) is 18.4 Å². The third-order valence-electron chi connectivity index (χ3n) is 5.02. The number of hydrogen-bond donors (Lipinski definition) is 1. The number of ketones is 1. The van der Waals surface area contributed by atoms with Crippen molar-refractivity contribution in [1.82, 2.24) is 14.5 Å². The number of nitrogens with one attached hydrogen (secondary N) is 1. The number of aryl methyl sites for hydroxylation is 1. The second-order valence-electron chi connectivity index (χ2n) is 6.84. The maximum Gasteiger partial charge on any atom is 0.198 e. The minimum atomic E-state index is 0.0937. The van der Waals surface area contributed by atoms with Gasteiger partial charge < -0.3 is 14.3 Å². The molecule has 0 radical (unpaired) electrons. The second-order valence-corrected chi connectivity index (χ2v) is 6.84. The van der Waals surface area contributed by atoms with Crippen LogP contribution in [-0.4, -0.2) is 27.4 Å². The largest absolute Gasteiger partial charge is 0.497 e. The van der Waals surface area contributed by atoms with Crippen LogP contribution < -0.4 is 4.74 Å². The topological polar surface area (TPSA) is 59.9 Å². The van der Waals surface area contributed by atoms with Gasteiger partial charge in [0.15, 0.2) is 11.6 Å². The molecule has 3 aromatic rings. The molecule has 2 aromatic heterocycles. The first kappa shape index (κ1) is 18.2. The third kappa shape index (κ3) is 3.82. The van der Waals surface area contributed by atoms with Gasteiger partial charge in [-0.1, -0.05) is 26.2 Å². The lowest BCUT2D eigenvalue weighted by molar-refractivity contribution is 0.0959. The van der Waals surface area contributed by atoms with Crippen molar-refractivity contribution in [3.05, 3.63) is 48.2 Å². The average molecular weight is 353 g/mol. The fourth-order valence-electron chi connectivity index (χ4n) is 3.54. The summed E-state index contributed by atoms with van der Waals surface area (Å²) in [6, 6.07) is 6.04. The van der Waals surface area contributed by atoms with Gasteiger partial charge in [0, 0.05) is 43.0 Å². The summed E-state index contributed by atoms with van der Waals surface area (Å²) < 4.78 is 7.18. The molecule has 1 atom stereocenters. The predicted octanol–water partition coefficient (Wildman–Crippen LogP) is 4.85. The van der Waals surface area contributed by atoms with E-state index in [-0.39, 0.29) is 11.7 Å². The number of carbonyl (C=O) groups is 1. The monoisotopic (exact) mass is 353 g/mol. The summed E-state index contributed by atoms with van der Waals surface area (Å²) in [6.45, 7) is 2.20. The van der Waals surface area contributed by atoms with Crippen molar-refractivity contribution in [2.24, 2.45) is 7.05 Å². The molecule has 0 saturated heterocycles. The molecule has 0 spiro atoms. The van der Waals surface area contributed by atoms with E-state index in [0.29, 0.717) is 12.2 Å². The first-order valence-corrected chi connectivity index (χ1v) is 9.29. The molecule has 26 heavy (non-hydrogen) atoms. The highest BCUT2D eigenvalue weighted by Gasteiger charge is 2.22. The number of aromatic nitrogens is 3. The normalized spacial score (nSPS) is 12.4. The molecule has 0 amide bonds. The van der Waals surface area contributed by atoms with E-state index in [0.717, 1.165) is 29.5 Å². The highest BCUT2D eigenvalue weighted by Crippen LogP contribution is 2.34. The summed E-state index contributed by atoms with van der Waals surface area (Å²) >= 11 is 0. The van der Waals surface area contributed by atoms with Crippen LogP contribution in [0.3, 0.4) is 0 Å². The number of hydrogen-bond acceptors (Lipinski definition) is 3. The van der Waals surface area contributed by atoms with E-state index in [1.807, 2.05) is 31.6 Å². The molecule has 1 unspecified atom stereocenters. The number of fused-ring (bicyclic) bond motifs is 1. The van der Waals surface area contributed by atoms with E-state index in [9.17, 15) is 4.79 Å². The smallest absolute Gasteiger partial charge is 0.198 e. The fraction of sp³-hybridized carbons (Fsp3) is 0.429. The first-order valence-electron chi connectivity index (χ1n) is 9.29. The van der Waals surface area contributed by atoms with Gasteiger partial charge in [-0.05, 0) is 36.1 Å². The van der Waals surface area contributed by atoms with E-state index in [2.05, 4.69) is 23.0 Å². The van der Waals surface area contributed by atoms with Gasteiger partial charge in [-0.15, -0.1) is 0 Å². The summed E-state index contributed by atoms with van der Waals surface area (Å²) in [5.74, 6) is 1.63. The van der Waals surface area contributed by atoms with Gasteiger partial charge >= 0.3 is 0 Å². The van der Waals surface area contributed by atoms with Crippen LogP contribution in [0.4, 0.5) is 0 Å². The molecule has 5 heteroatoms. The van der Waals surface area contributed by atoms with Crippen molar-refractivity contribution in [2.75, 3.05) is 7.11 Å². The van der Waals surface area contributed by atoms with Crippen molar-refractivity contribution in [3.8, 4) is 5.75 Å². The van der Waals surface area contributed by atoms with Crippen LogP contribution in [0.5, 0.6) is 5.75 Å². The molecule has 2 heterocycles. The van der Waals surface area contributed by atoms with Crippen LogP contribution in [0.1, 0.15) is 61.1 Å². The average Bonchev–Trinajstić information content (AvgIpc) is 3.26. The van der Waals surface area contributed by atoms with E-state index < -0.39 is 0 Å². The Kier molecular flexibility index (Phi) is 5.76. The van der Waals surface area contributed by atoms with Gasteiger partial charge in [0.1, 0.15) is 5.75 Å². The standard InChI is InChI=1S/C21H27N3O2/c1-4-5-6-7-15(12-20(25)21-22-10-11-24(21)2)18-14-23-19-9-8-16(26-3)13-17(18)19/h8-11,13-15,23H,4-7,12H2,1-3H3. The number of Topliss-reactive ketones (excluding diaryl/α,β-unsaturated/α-hetero) is 1. The number of unbranched alkanes of at least 4 members (excludes halogenated alkanes) is 2. The Bertz CT molecular complexity index is 878. The molecule has 0 fully saturated rings. The Morgan fingerprint density at radius 2 is 2.19 bits per heavy atom. The molecule has 3 rings (SSSR count). The van der Waals surface area contributed by atoms with Gasteiger partial charge in [0.25, 0.3) is 0 Å². The van der Waals surface area contributed by atoms with Gasteiger partial charge in [-0.25, -0.2) is 4.98 Å². The third-order valence-corrected chi connectivity index (χ3v) is 5.02. The van der Waals surface area contributed by atoms with Crippen LogP contribution in [-0.2, 0) is 7.05 Å². The minimum absolute atomic E-state index is 0.0937. The molecular weight excluding hydrogens is 326 g/mol. The van der Waals surface area contributed by atoms with Crippen LogP contribution in [0.2, 0.25) is 0 Å². The Hall–Kier alpha value is -2.56. The lowest BCUT2D eigenvalue weighted by Gasteiger charge is -2.16. The molecular formula is C21H27N3O2. The SMILES string of the molecule is CCCCCC(CC(=O)c1nccn1C)c1c[nH]c2ccc(OC)cc12. The molecule has 0 saturated carbocycles. The number of carbonyl (C=O) groups excluding carboxylic acids is 1. The molecule has 0 aliphatic heterocycles. The number of rotatable bonds is 9. The zero-order valence-electron chi connectivity index (χ0n) is 15.8. The van der Waals surface area contributed by atoms with Gasteiger partial charge in [0.05, 0.1) is 7.11 Å². The lowest BCUT2D eigenvalue weighted by atomic mass is 9.88. The van der Waals surface area contributed by atoms with E-state index in [1.54, 1.807) is 17.9 Å². The highest BCUT2D eigenvalue weighted by molar-refractivity contribution is 5.94. The maximum atomic E-state index is 12.8. The zero-order valence-corrected chi connectivity index (χ0v) is 15.8. The molecule has 138 valence electrons. The number of aromatic amines is 1. The van der Waals surface area contributed by atoms with E-state index in [4.69, 9.17) is 4.74 Å². The van der Waals surface area contributed by atoms with Crippen LogP contribution in [0.15, 0.2) is 36.8 Å². The summed E-state index contributed by atoms with van der Waals surface area (Å²) in [5, 5.41) is 1.14. The molecule has 0 aliphatic rings. The van der Waals surface area contributed by atoms with E-state index >= 15 is 0 Å². The van der Waals surface area contributed by atoms with Crippen molar-refractivity contribution < 1.29 is 9.53 Å². The molecule has 0 aliphatic carbocycles. The Morgan fingerprint density at radius 3 is 2.88 bits per heavy atom. The van der Waals surface area contributed by atoms with Crippen molar-refractivity contribution in [1.29, 1.82) is 0 Å². The number of H-pyrrole nitrogens is 1. The van der Waals surface area contributed by atoms with Gasteiger partial charge in [-0.3, -0.25) is 4.79 Å². The summed E-state index contributed by atoms with van der Waals surface area (Å²) in [5.41, 5.74) is 2.27. The molecule has 1 aromatic carbocycles. The summed E-state index contributed by atoms with van der Waals surface area (Å²) in [6.07, 6.45) is 10.5. The van der Waals surface area contributed by atoms with Gasteiger partial charge in [0.2, 0.25) is 0 Å². The number of benzene rings is 1. The molecule has 0 bridgehead atoms. The van der Waals surface area contributed by atoms with Crippen LogP contribution >= 0.6 is 0 Å². The number of methoxy groups -OCH3 is 1. The number of ether oxygens (including phenoxy) is 1. The lowest BCUT2D eigenvalue weighted by Crippen LogP contribution is -2.12. The summed E-state index contributed by atoms with van der Waals surface area (Å²) in [7, 11) is 3.54. The highest BCUT2D eigenvalue weighted by atomic mass is 16.5. The first-order chi connectivity index (χ1) is 12.6. The minimum Gasteiger partial charge on any atom is -0.497 e. The molecule has 1 N–H and O–H groups in total. The van der Waals surface area contributed by atoms with Crippen molar-refractivity contribution in [3.63, 3.8) is 0 Å². The van der Waals surface area contributed by atoms with Crippen molar-refractivity contribution in [2.45, 2.75) is 44.9 Å². The quantitative estimate of drug-likeness (QED) is 0.442.